The van der Waals surface area contributed by atoms with Crippen molar-refractivity contribution in [3.63, 3.8) is 0 Å². The molecule has 92 valence electrons. The van der Waals surface area contributed by atoms with E-state index < -0.39 is 0 Å². The summed E-state index contributed by atoms with van der Waals surface area (Å²) in [5, 5.41) is 1.01. The van der Waals surface area contributed by atoms with Crippen LogP contribution in [0.2, 0.25) is 0 Å². The van der Waals surface area contributed by atoms with Crippen molar-refractivity contribution in [2.24, 2.45) is 5.73 Å². The van der Waals surface area contributed by atoms with Crippen LogP contribution < -0.4 is 10.6 Å². The van der Waals surface area contributed by atoms with Gasteiger partial charge in [0, 0.05) is 30.6 Å². The highest BCUT2D eigenvalue weighted by Gasteiger charge is 2.30. The minimum atomic E-state index is -0.0659. The number of aryl methyl sites for hydroxylation is 1. The number of anilines is 1. The van der Waals surface area contributed by atoms with Crippen molar-refractivity contribution in [2.75, 3.05) is 11.4 Å². The van der Waals surface area contributed by atoms with E-state index >= 15 is 0 Å². The van der Waals surface area contributed by atoms with Crippen molar-refractivity contribution in [3.8, 4) is 0 Å². The van der Waals surface area contributed by atoms with Crippen LogP contribution in [0.5, 0.6) is 0 Å². The monoisotopic (exact) mass is 241 g/mol. The molecule has 4 heteroatoms. The van der Waals surface area contributed by atoms with Crippen LogP contribution in [0.15, 0.2) is 30.5 Å². The summed E-state index contributed by atoms with van der Waals surface area (Å²) in [6, 6.07) is 7.81. The molecule has 1 aliphatic heterocycles. The van der Waals surface area contributed by atoms with Gasteiger partial charge in [-0.3, -0.25) is 9.78 Å². The highest BCUT2D eigenvalue weighted by Crippen LogP contribution is 2.32. The molecule has 1 atom stereocenters. The second kappa shape index (κ2) is 4.07. The summed E-state index contributed by atoms with van der Waals surface area (Å²) in [6.07, 6.45) is 2.19. The Morgan fingerprint density at radius 2 is 2.22 bits per heavy atom. The second-order valence-electron chi connectivity index (χ2n) is 4.77. The van der Waals surface area contributed by atoms with Crippen molar-refractivity contribution in [1.29, 1.82) is 0 Å². The topological polar surface area (TPSA) is 59.2 Å². The maximum Gasteiger partial charge on any atom is 0.228 e. The first-order chi connectivity index (χ1) is 8.66. The third-order valence-corrected chi connectivity index (χ3v) is 3.38. The molecule has 0 bridgehead atoms. The fourth-order valence-corrected chi connectivity index (χ4v) is 2.56. The lowest BCUT2D eigenvalue weighted by atomic mass is 10.1. The van der Waals surface area contributed by atoms with E-state index in [2.05, 4.69) is 4.98 Å². The number of nitrogens with two attached hydrogens (primary N) is 1. The average Bonchev–Trinajstić information content (AvgIpc) is 2.68. The summed E-state index contributed by atoms with van der Waals surface area (Å²) >= 11 is 0. The zero-order chi connectivity index (χ0) is 12.7. The maximum atomic E-state index is 12.0. The minimum absolute atomic E-state index is 0.0659. The molecular weight excluding hydrogens is 226 g/mol. The van der Waals surface area contributed by atoms with E-state index in [1.54, 1.807) is 11.1 Å². The van der Waals surface area contributed by atoms with Crippen LogP contribution in [0.25, 0.3) is 10.9 Å². The number of hydrogen-bond donors (Lipinski definition) is 1. The molecule has 1 amide bonds. The van der Waals surface area contributed by atoms with Gasteiger partial charge in [-0.25, -0.2) is 0 Å². The summed E-state index contributed by atoms with van der Waals surface area (Å²) < 4.78 is 0. The number of pyridine rings is 1. The number of nitrogens with zero attached hydrogens (tertiary/aromatic N) is 2. The van der Waals surface area contributed by atoms with Crippen LogP contribution in [0.4, 0.5) is 5.69 Å². The molecule has 3 rings (SSSR count). The number of fused-ring (bicyclic) bond motifs is 1. The van der Waals surface area contributed by atoms with E-state index in [0.29, 0.717) is 13.0 Å². The van der Waals surface area contributed by atoms with E-state index in [9.17, 15) is 4.79 Å². The smallest absolute Gasteiger partial charge is 0.228 e. The van der Waals surface area contributed by atoms with Crippen LogP contribution in [-0.4, -0.2) is 23.5 Å². The summed E-state index contributed by atoms with van der Waals surface area (Å²) in [6.45, 7) is 2.60. The lowest BCUT2D eigenvalue weighted by molar-refractivity contribution is -0.117. The van der Waals surface area contributed by atoms with Gasteiger partial charge in [-0.1, -0.05) is 6.07 Å². The maximum absolute atomic E-state index is 12.0. The van der Waals surface area contributed by atoms with Gasteiger partial charge in [0.2, 0.25) is 5.91 Å². The first-order valence-corrected chi connectivity index (χ1v) is 6.07. The Morgan fingerprint density at radius 1 is 1.39 bits per heavy atom. The Balaban J connectivity index is 2.22. The summed E-state index contributed by atoms with van der Waals surface area (Å²) in [5.41, 5.74) is 8.82. The number of carbonyl (C=O) groups is 1. The molecule has 0 spiro atoms. The third-order valence-electron chi connectivity index (χ3n) is 3.38. The van der Waals surface area contributed by atoms with Gasteiger partial charge in [0.25, 0.3) is 0 Å². The number of rotatable bonds is 1. The summed E-state index contributed by atoms with van der Waals surface area (Å²) in [7, 11) is 0. The van der Waals surface area contributed by atoms with E-state index in [1.165, 1.54) is 0 Å². The average molecular weight is 241 g/mol. The molecule has 1 saturated heterocycles. The molecule has 1 aliphatic rings. The number of benzene rings is 1. The molecule has 0 radical (unpaired) electrons. The van der Waals surface area contributed by atoms with E-state index in [4.69, 9.17) is 5.73 Å². The molecule has 18 heavy (non-hydrogen) atoms. The standard InChI is InChI=1S/C14H15N3O/c1-9-4-5-12-11(3-2-6-16-12)14(9)17-8-10(15)7-13(17)18/h2-6,10H,7-8,15H2,1H3. The molecule has 1 unspecified atom stereocenters. The molecule has 0 saturated carbocycles. The van der Waals surface area contributed by atoms with Gasteiger partial charge in [0.1, 0.15) is 0 Å². The molecule has 2 heterocycles. The van der Waals surface area contributed by atoms with Crippen LogP contribution >= 0.6 is 0 Å². The first kappa shape index (κ1) is 11.2. The predicted octanol–water partition coefficient (Wildman–Crippen LogP) is 1.61. The Bertz CT molecular complexity index is 623. The van der Waals surface area contributed by atoms with Crippen molar-refractivity contribution < 1.29 is 4.79 Å². The molecule has 1 fully saturated rings. The Morgan fingerprint density at radius 3 is 2.94 bits per heavy atom. The number of aromatic nitrogens is 1. The zero-order valence-electron chi connectivity index (χ0n) is 10.3. The minimum Gasteiger partial charge on any atom is -0.326 e. The van der Waals surface area contributed by atoms with Gasteiger partial charge in [-0.15, -0.1) is 0 Å². The van der Waals surface area contributed by atoms with Gasteiger partial charge < -0.3 is 10.6 Å². The van der Waals surface area contributed by atoms with Crippen LogP contribution in [0.1, 0.15) is 12.0 Å². The molecule has 4 nitrogen and oxygen atoms in total. The molecule has 1 aromatic heterocycles. The highest BCUT2D eigenvalue weighted by atomic mass is 16.2. The summed E-state index contributed by atoms with van der Waals surface area (Å²) in [5.74, 6) is 0.0990. The van der Waals surface area contributed by atoms with Crippen molar-refractivity contribution in [2.45, 2.75) is 19.4 Å². The van der Waals surface area contributed by atoms with Crippen LogP contribution in [0, 0.1) is 6.92 Å². The quantitative estimate of drug-likeness (QED) is 0.825. The number of amides is 1. The van der Waals surface area contributed by atoms with Gasteiger partial charge in [-0.05, 0) is 30.7 Å². The summed E-state index contributed by atoms with van der Waals surface area (Å²) in [4.78, 5) is 18.1. The molecular formula is C14H15N3O. The predicted molar refractivity (Wildman–Crippen MR) is 71.4 cm³/mol. The Kier molecular flexibility index (Phi) is 2.52. The van der Waals surface area contributed by atoms with E-state index in [1.807, 2.05) is 31.2 Å². The zero-order valence-corrected chi connectivity index (χ0v) is 10.3. The van der Waals surface area contributed by atoms with Gasteiger partial charge >= 0.3 is 0 Å². The Labute approximate surface area is 105 Å². The van der Waals surface area contributed by atoms with E-state index in [-0.39, 0.29) is 11.9 Å². The second-order valence-corrected chi connectivity index (χ2v) is 4.77. The number of hydrogen-bond acceptors (Lipinski definition) is 3. The van der Waals surface area contributed by atoms with Crippen LogP contribution in [-0.2, 0) is 4.79 Å². The fraction of sp³-hybridized carbons (Fsp3) is 0.286. The van der Waals surface area contributed by atoms with Gasteiger partial charge in [0.15, 0.2) is 0 Å². The SMILES string of the molecule is Cc1ccc2ncccc2c1N1CC(N)CC1=O. The third kappa shape index (κ3) is 1.66. The van der Waals surface area contributed by atoms with Crippen LogP contribution in [0.3, 0.4) is 0 Å². The highest BCUT2D eigenvalue weighted by molar-refractivity contribution is 6.05. The van der Waals surface area contributed by atoms with Crippen molar-refractivity contribution >= 4 is 22.5 Å². The molecule has 2 aromatic rings. The van der Waals surface area contributed by atoms with Gasteiger partial charge in [0.05, 0.1) is 11.2 Å². The normalized spacial score (nSPS) is 19.8. The van der Waals surface area contributed by atoms with Crippen molar-refractivity contribution in [3.05, 3.63) is 36.0 Å². The number of carbonyl (C=O) groups excluding carboxylic acids is 1. The largest absolute Gasteiger partial charge is 0.326 e. The fourth-order valence-electron chi connectivity index (χ4n) is 2.56. The lowest BCUT2D eigenvalue weighted by Crippen LogP contribution is -2.28. The van der Waals surface area contributed by atoms with Crippen molar-refractivity contribution in [1.82, 2.24) is 4.98 Å². The molecule has 2 N–H and O–H groups in total. The molecule has 1 aromatic carbocycles. The first-order valence-electron chi connectivity index (χ1n) is 6.07. The lowest BCUT2D eigenvalue weighted by Gasteiger charge is -2.20. The Hall–Kier alpha value is -1.94. The van der Waals surface area contributed by atoms with Gasteiger partial charge in [-0.2, -0.15) is 0 Å². The molecule has 0 aliphatic carbocycles. The van der Waals surface area contributed by atoms with E-state index in [0.717, 1.165) is 22.2 Å².